The number of hydrogen-bond acceptors (Lipinski definition) is 2. The minimum atomic E-state index is 0.588. The molecule has 0 fully saturated rings. The highest BCUT2D eigenvalue weighted by Crippen LogP contribution is 2.27. The van der Waals surface area contributed by atoms with Gasteiger partial charge in [-0.25, -0.2) is 0 Å². The summed E-state index contributed by atoms with van der Waals surface area (Å²) in [4.78, 5) is 15.2. The Balaban J connectivity index is 4.41. The summed E-state index contributed by atoms with van der Waals surface area (Å²) in [7, 11) is 0. The maximum Gasteiger partial charge on any atom is 0.151 e. The zero-order valence-electron chi connectivity index (χ0n) is 14.9. The Labute approximate surface area is 132 Å². The highest BCUT2D eigenvalue weighted by molar-refractivity contribution is 6.01. The molecule has 0 aromatic heterocycles. The van der Waals surface area contributed by atoms with E-state index in [-0.39, 0.29) is 0 Å². The molecule has 0 N–H and O–H groups in total. The summed E-state index contributed by atoms with van der Waals surface area (Å²) in [6.45, 7) is 14.2. The van der Waals surface area contributed by atoms with E-state index in [4.69, 9.17) is 0 Å². The van der Waals surface area contributed by atoms with Crippen molar-refractivity contribution in [2.75, 3.05) is 6.54 Å². The number of allylic oxidation sites excluding steroid dienone is 2. The summed E-state index contributed by atoms with van der Waals surface area (Å²) in [6.07, 6.45) is 9.51. The quantitative estimate of drug-likeness (QED) is 0.288. The molecule has 2 heteroatoms. The normalized spacial score (nSPS) is 17.2. The molecule has 0 amide bonds. The smallest absolute Gasteiger partial charge is 0.151 e. The average molecular weight is 293 g/mol. The molecule has 0 aliphatic rings. The SMILES string of the molecule is C/C=C(/C=O)C=NCC(C)C(CCC)CCC(C)C(C)C. The second-order valence-corrected chi connectivity index (χ2v) is 6.73. The molecule has 0 saturated carbocycles. The molecular weight excluding hydrogens is 258 g/mol. The van der Waals surface area contributed by atoms with Crippen molar-refractivity contribution in [3.05, 3.63) is 11.6 Å². The van der Waals surface area contributed by atoms with Crippen LogP contribution in [0.5, 0.6) is 0 Å². The van der Waals surface area contributed by atoms with Gasteiger partial charge in [0.2, 0.25) is 0 Å². The third-order valence-corrected chi connectivity index (χ3v) is 4.70. The zero-order chi connectivity index (χ0) is 16.3. The molecule has 0 radical (unpaired) electrons. The van der Waals surface area contributed by atoms with Crippen LogP contribution in [0.25, 0.3) is 0 Å². The summed E-state index contributed by atoms with van der Waals surface area (Å²) >= 11 is 0. The van der Waals surface area contributed by atoms with Crippen molar-refractivity contribution in [1.29, 1.82) is 0 Å². The van der Waals surface area contributed by atoms with Gasteiger partial charge in [-0.2, -0.15) is 0 Å². The van der Waals surface area contributed by atoms with Crippen molar-refractivity contribution in [2.45, 2.75) is 67.2 Å². The Morgan fingerprint density at radius 2 is 1.71 bits per heavy atom. The fourth-order valence-corrected chi connectivity index (χ4v) is 2.54. The van der Waals surface area contributed by atoms with Crippen molar-refractivity contribution < 1.29 is 4.79 Å². The molecular formula is C19H35NO. The van der Waals surface area contributed by atoms with Crippen LogP contribution in [0.4, 0.5) is 0 Å². The van der Waals surface area contributed by atoms with Gasteiger partial charge < -0.3 is 0 Å². The van der Waals surface area contributed by atoms with Gasteiger partial charge in [-0.15, -0.1) is 0 Å². The van der Waals surface area contributed by atoms with Crippen molar-refractivity contribution in [3.63, 3.8) is 0 Å². The first-order valence-electron chi connectivity index (χ1n) is 8.57. The van der Waals surface area contributed by atoms with Crippen molar-refractivity contribution in [3.8, 4) is 0 Å². The molecule has 0 aromatic carbocycles. The van der Waals surface area contributed by atoms with Crippen LogP contribution in [-0.4, -0.2) is 19.0 Å². The van der Waals surface area contributed by atoms with Crippen LogP contribution in [0.1, 0.15) is 67.2 Å². The minimum Gasteiger partial charge on any atom is -0.298 e. The van der Waals surface area contributed by atoms with Gasteiger partial charge in [0.15, 0.2) is 6.29 Å². The summed E-state index contributed by atoms with van der Waals surface area (Å²) in [6, 6.07) is 0. The van der Waals surface area contributed by atoms with Crippen LogP contribution in [0.15, 0.2) is 16.6 Å². The van der Waals surface area contributed by atoms with E-state index in [9.17, 15) is 4.79 Å². The second kappa shape index (κ2) is 11.7. The third kappa shape index (κ3) is 8.85. The van der Waals surface area contributed by atoms with Gasteiger partial charge in [-0.3, -0.25) is 9.79 Å². The van der Waals surface area contributed by atoms with Crippen LogP contribution in [-0.2, 0) is 4.79 Å². The number of carbonyl (C=O) groups is 1. The fraction of sp³-hybridized carbons (Fsp3) is 0.789. The summed E-state index contributed by atoms with van der Waals surface area (Å²) < 4.78 is 0. The number of aldehydes is 1. The van der Waals surface area contributed by atoms with Crippen LogP contribution in [0.3, 0.4) is 0 Å². The second-order valence-electron chi connectivity index (χ2n) is 6.73. The Morgan fingerprint density at radius 3 is 2.19 bits per heavy atom. The topological polar surface area (TPSA) is 29.4 Å². The Hall–Kier alpha value is -0.920. The number of hydrogen-bond donors (Lipinski definition) is 0. The lowest BCUT2D eigenvalue weighted by Gasteiger charge is -2.25. The summed E-state index contributed by atoms with van der Waals surface area (Å²) in [5.41, 5.74) is 0.669. The molecule has 122 valence electrons. The highest BCUT2D eigenvalue weighted by Gasteiger charge is 2.18. The van der Waals surface area contributed by atoms with Crippen LogP contribution in [0.2, 0.25) is 0 Å². The van der Waals surface area contributed by atoms with Crippen LogP contribution >= 0.6 is 0 Å². The van der Waals surface area contributed by atoms with Gasteiger partial charge in [0, 0.05) is 18.3 Å². The highest BCUT2D eigenvalue weighted by atomic mass is 16.1. The molecule has 0 aliphatic carbocycles. The molecule has 3 atom stereocenters. The van der Waals surface area contributed by atoms with Gasteiger partial charge in [0.1, 0.15) is 0 Å². The molecule has 0 spiro atoms. The van der Waals surface area contributed by atoms with Crippen molar-refractivity contribution in [1.82, 2.24) is 0 Å². The first kappa shape index (κ1) is 20.1. The molecule has 3 unspecified atom stereocenters. The van der Waals surface area contributed by atoms with E-state index in [1.54, 1.807) is 12.3 Å². The van der Waals surface area contributed by atoms with Gasteiger partial charge in [0.05, 0.1) is 0 Å². The molecule has 0 aromatic rings. The maximum absolute atomic E-state index is 10.7. The molecule has 0 bridgehead atoms. The molecule has 0 heterocycles. The van der Waals surface area contributed by atoms with E-state index in [1.165, 1.54) is 25.7 Å². The predicted molar refractivity (Wildman–Crippen MR) is 94.0 cm³/mol. The molecule has 0 aliphatic heterocycles. The number of rotatable bonds is 11. The number of carbonyl (C=O) groups excluding carboxylic acids is 1. The fourth-order valence-electron chi connectivity index (χ4n) is 2.54. The lowest BCUT2D eigenvalue weighted by atomic mass is 9.82. The van der Waals surface area contributed by atoms with Crippen molar-refractivity contribution >= 4 is 12.5 Å². The Bertz CT molecular complexity index is 330. The van der Waals surface area contributed by atoms with Crippen molar-refractivity contribution in [2.24, 2.45) is 28.7 Å². The average Bonchev–Trinajstić information content (AvgIpc) is 2.47. The third-order valence-electron chi connectivity index (χ3n) is 4.70. The first-order chi connectivity index (χ1) is 9.96. The maximum atomic E-state index is 10.7. The predicted octanol–water partition coefficient (Wildman–Crippen LogP) is 5.33. The van der Waals surface area contributed by atoms with E-state index in [1.807, 2.05) is 6.92 Å². The Kier molecular flexibility index (Phi) is 11.2. The van der Waals surface area contributed by atoms with Gasteiger partial charge in [-0.05, 0) is 37.0 Å². The van der Waals surface area contributed by atoms with E-state index >= 15 is 0 Å². The van der Waals surface area contributed by atoms with E-state index in [0.717, 1.165) is 30.6 Å². The van der Waals surface area contributed by atoms with Gasteiger partial charge >= 0.3 is 0 Å². The van der Waals surface area contributed by atoms with Crippen LogP contribution < -0.4 is 0 Å². The summed E-state index contributed by atoms with van der Waals surface area (Å²) in [5, 5.41) is 0. The lowest BCUT2D eigenvalue weighted by Crippen LogP contribution is -2.17. The number of nitrogens with zero attached hydrogens (tertiary/aromatic N) is 1. The lowest BCUT2D eigenvalue weighted by molar-refractivity contribution is -0.104. The monoisotopic (exact) mass is 293 g/mol. The van der Waals surface area contributed by atoms with Gasteiger partial charge in [-0.1, -0.05) is 60.0 Å². The largest absolute Gasteiger partial charge is 0.298 e. The molecule has 21 heavy (non-hydrogen) atoms. The first-order valence-corrected chi connectivity index (χ1v) is 8.57. The van der Waals surface area contributed by atoms with Gasteiger partial charge in [0.25, 0.3) is 0 Å². The van der Waals surface area contributed by atoms with E-state index < -0.39 is 0 Å². The van der Waals surface area contributed by atoms with E-state index in [0.29, 0.717) is 11.5 Å². The van der Waals surface area contributed by atoms with E-state index in [2.05, 4.69) is 39.6 Å². The minimum absolute atomic E-state index is 0.588. The Morgan fingerprint density at radius 1 is 1.05 bits per heavy atom. The molecule has 2 nitrogen and oxygen atoms in total. The summed E-state index contributed by atoms with van der Waals surface area (Å²) in [5.74, 6) is 2.90. The standard InChI is InChI=1S/C19H35NO/c1-7-9-19(11-10-16(5)15(3)4)17(6)12-20-13-18(8-2)14-21/h8,13-17,19H,7,9-12H2,1-6H3/b18-8+,20-13?. The van der Waals surface area contributed by atoms with Crippen LogP contribution in [0, 0.1) is 23.7 Å². The molecule has 0 saturated heterocycles. The molecule has 0 rings (SSSR count). The zero-order valence-corrected chi connectivity index (χ0v) is 14.9. The number of aliphatic imine (C=N–C) groups is 1.